The van der Waals surface area contributed by atoms with Crippen LogP contribution in [0.5, 0.6) is 5.75 Å². The first-order valence-electron chi connectivity index (χ1n) is 5.18. The third kappa shape index (κ3) is 3.51. The minimum absolute atomic E-state index is 0.412. The van der Waals surface area contributed by atoms with Crippen LogP contribution in [0.3, 0.4) is 0 Å². The molecule has 0 aliphatic carbocycles. The fourth-order valence-corrected chi connectivity index (χ4v) is 1.36. The first-order chi connectivity index (χ1) is 7.15. The van der Waals surface area contributed by atoms with Crippen molar-refractivity contribution in [2.24, 2.45) is 5.73 Å². The SMILES string of the molecule is CCCCOc1cc(C(N)=S)ccc1C. The van der Waals surface area contributed by atoms with E-state index in [1.807, 2.05) is 25.1 Å². The third-order valence-corrected chi connectivity index (χ3v) is 2.46. The summed E-state index contributed by atoms with van der Waals surface area (Å²) < 4.78 is 5.65. The molecule has 0 aromatic heterocycles. The molecular formula is C12H17NOS. The van der Waals surface area contributed by atoms with E-state index in [2.05, 4.69) is 6.92 Å². The van der Waals surface area contributed by atoms with Crippen LogP contribution in [-0.2, 0) is 0 Å². The molecule has 0 aliphatic rings. The lowest BCUT2D eigenvalue weighted by Gasteiger charge is -2.10. The fourth-order valence-electron chi connectivity index (χ4n) is 1.24. The molecule has 0 aliphatic heterocycles. The molecular weight excluding hydrogens is 206 g/mol. The molecule has 1 aromatic carbocycles. The smallest absolute Gasteiger partial charge is 0.122 e. The van der Waals surface area contributed by atoms with Gasteiger partial charge in [0, 0.05) is 5.56 Å². The third-order valence-electron chi connectivity index (χ3n) is 2.23. The van der Waals surface area contributed by atoms with Gasteiger partial charge in [-0.25, -0.2) is 0 Å². The molecule has 82 valence electrons. The van der Waals surface area contributed by atoms with Gasteiger partial charge in [0.1, 0.15) is 10.7 Å². The van der Waals surface area contributed by atoms with E-state index in [0.29, 0.717) is 4.99 Å². The Morgan fingerprint density at radius 2 is 2.20 bits per heavy atom. The minimum Gasteiger partial charge on any atom is -0.493 e. The highest BCUT2D eigenvalue weighted by molar-refractivity contribution is 7.80. The molecule has 0 bridgehead atoms. The van der Waals surface area contributed by atoms with Crippen LogP contribution in [0.1, 0.15) is 30.9 Å². The van der Waals surface area contributed by atoms with Gasteiger partial charge in [-0.2, -0.15) is 0 Å². The molecule has 0 saturated heterocycles. The van der Waals surface area contributed by atoms with E-state index in [1.54, 1.807) is 0 Å². The van der Waals surface area contributed by atoms with Gasteiger partial charge in [0.15, 0.2) is 0 Å². The zero-order valence-electron chi connectivity index (χ0n) is 9.25. The number of rotatable bonds is 5. The highest BCUT2D eigenvalue weighted by Gasteiger charge is 2.03. The molecule has 0 spiro atoms. The van der Waals surface area contributed by atoms with E-state index in [1.165, 1.54) is 0 Å². The molecule has 3 heteroatoms. The average molecular weight is 223 g/mol. The number of unbranched alkanes of at least 4 members (excludes halogenated alkanes) is 1. The lowest BCUT2D eigenvalue weighted by atomic mass is 10.1. The average Bonchev–Trinajstić information content (AvgIpc) is 2.20. The van der Waals surface area contributed by atoms with E-state index in [9.17, 15) is 0 Å². The van der Waals surface area contributed by atoms with Crippen molar-refractivity contribution in [2.45, 2.75) is 26.7 Å². The summed E-state index contributed by atoms with van der Waals surface area (Å²) in [4.78, 5) is 0.412. The molecule has 1 rings (SSSR count). The molecule has 0 fully saturated rings. The molecule has 0 heterocycles. The highest BCUT2D eigenvalue weighted by Crippen LogP contribution is 2.19. The maximum atomic E-state index is 5.65. The van der Waals surface area contributed by atoms with E-state index in [-0.39, 0.29) is 0 Å². The summed E-state index contributed by atoms with van der Waals surface area (Å²) in [7, 11) is 0. The second-order valence-electron chi connectivity index (χ2n) is 3.55. The summed E-state index contributed by atoms with van der Waals surface area (Å²) in [5.74, 6) is 0.883. The molecule has 15 heavy (non-hydrogen) atoms. The van der Waals surface area contributed by atoms with Crippen LogP contribution in [0.4, 0.5) is 0 Å². The molecule has 1 aromatic rings. The number of hydrogen-bond acceptors (Lipinski definition) is 2. The van der Waals surface area contributed by atoms with Crippen LogP contribution in [0.2, 0.25) is 0 Å². The summed E-state index contributed by atoms with van der Waals surface area (Å²) in [6.45, 7) is 4.91. The van der Waals surface area contributed by atoms with Gasteiger partial charge >= 0.3 is 0 Å². The summed E-state index contributed by atoms with van der Waals surface area (Å²) in [5.41, 5.74) is 7.54. The number of ether oxygens (including phenoxy) is 1. The van der Waals surface area contributed by atoms with Gasteiger partial charge in [0.05, 0.1) is 6.61 Å². The van der Waals surface area contributed by atoms with Gasteiger partial charge in [0.2, 0.25) is 0 Å². The van der Waals surface area contributed by atoms with Gasteiger partial charge in [-0.3, -0.25) is 0 Å². The van der Waals surface area contributed by atoms with Gasteiger partial charge < -0.3 is 10.5 Å². The second-order valence-corrected chi connectivity index (χ2v) is 3.99. The molecule has 0 atom stereocenters. The quantitative estimate of drug-likeness (QED) is 0.616. The van der Waals surface area contributed by atoms with Gasteiger partial charge in [-0.15, -0.1) is 0 Å². The Hall–Kier alpha value is -1.09. The van der Waals surface area contributed by atoms with Gasteiger partial charge in [0.25, 0.3) is 0 Å². The van der Waals surface area contributed by atoms with Crippen molar-refractivity contribution in [1.29, 1.82) is 0 Å². The van der Waals surface area contributed by atoms with Crippen LogP contribution in [0.25, 0.3) is 0 Å². The monoisotopic (exact) mass is 223 g/mol. The number of thiocarbonyl (C=S) groups is 1. The molecule has 0 unspecified atom stereocenters. The van der Waals surface area contributed by atoms with E-state index in [0.717, 1.165) is 36.3 Å². The predicted octanol–water partition coefficient (Wildman–Crippen LogP) is 2.81. The van der Waals surface area contributed by atoms with Crippen LogP contribution in [0, 0.1) is 6.92 Å². The molecule has 0 radical (unpaired) electrons. The highest BCUT2D eigenvalue weighted by atomic mass is 32.1. The largest absolute Gasteiger partial charge is 0.493 e. The van der Waals surface area contributed by atoms with Crippen LogP contribution in [-0.4, -0.2) is 11.6 Å². The molecule has 2 nitrogen and oxygen atoms in total. The maximum Gasteiger partial charge on any atom is 0.122 e. The van der Waals surface area contributed by atoms with Crippen molar-refractivity contribution < 1.29 is 4.74 Å². The molecule has 0 saturated carbocycles. The Morgan fingerprint density at radius 1 is 1.47 bits per heavy atom. The zero-order chi connectivity index (χ0) is 11.3. The van der Waals surface area contributed by atoms with Gasteiger partial charge in [-0.1, -0.05) is 37.7 Å². The van der Waals surface area contributed by atoms with Gasteiger partial charge in [-0.05, 0) is 25.0 Å². The Labute approximate surface area is 96.4 Å². The summed E-state index contributed by atoms with van der Waals surface area (Å²) in [6, 6.07) is 5.81. The first kappa shape index (κ1) is 12.0. The number of hydrogen-bond donors (Lipinski definition) is 1. The van der Waals surface area contributed by atoms with Crippen LogP contribution >= 0.6 is 12.2 Å². The van der Waals surface area contributed by atoms with Crippen molar-refractivity contribution in [2.75, 3.05) is 6.61 Å². The van der Waals surface area contributed by atoms with Crippen molar-refractivity contribution in [1.82, 2.24) is 0 Å². The molecule has 0 amide bonds. The lowest BCUT2D eigenvalue weighted by molar-refractivity contribution is 0.307. The standard InChI is InChI=1S/C12H17NOS/c1-3-4-7-14-11-8-10(12(13)15)6-5-9(11)2/h5-6,8H,3-4,7H2,1-2H3,(H2,13,15). The number of aryl methyl sites for hydroxylation is 1. The Balaban J connectivity index is 2.76. The Bertz CT molecular complexity index is 349. The predicted molar refractivity (Wildman–Crippen MR) is 67.5 cm³/mol. The van der Waals surface area contributed by atoms with Crippen molar-refractivity contribution >= 4 is 17.2 Å². The Morgan fingerprint density at radius 3 is 2.80 bits per heavy atom. The lowest BCUT2D eigenvalue weighted by Crippen LogP contribution is -2.10. The second kappa shape index (κ2) is 5.71. The number of nitrogens with two attached hydrogens (primary N) is 1. The summed E-state index contributed by atoms with van der Waals surface area (Å²) in [5, 5.41) is 0. The summed E-state index contributed by atoms with van der Waals surface area (Å²) >= 11 is 4.92. The minimum atomic E-state index is 0.412. The van der Waals surface area contributed by atoms with Crippen molar-refractivity contribution in [3.8, 4) is 5.75 Å². The van der Waals surface area contributed by atoms with Crippen molar-refractivity contribution in [3.05, 3.63) is 29.3 Å². The van der Waals surface area contributed by atoms with Crippen LogP contribution < -0.4 is 10.5 Å². The topological polar surface area (TPSA) is 35.2 Å². The summed E-state index contributed by atoms with van der Waals surface area (Å²) in [6.07, 6.45) is 2.20. The molecule has 2 N–H and O–H groups in total. The first-order valence-corrected chi connectivity index (χ1v) is 5.59. The Kier molecular flexibility index (Phi) is 4.56. The number of benzene rings is 1. The van der Waals surface area contributed by atoms with E-state index in [4.69, 9.17) is 22.7 Å². The normalized spacial score (nSPS) is 10.0. The van der Waals surface area contributed by atoms with Crippen molar-refractivity contribution in [3.63, 3.8) is 0 Å². The van der Waals surface area contributed by atoms with E-state index >= 15 is 0 Å². The van der Waals surface area contributed by atoms with Crippen LogP contribution in [0.15, 0.2) is 18.2 Å². The zero-order valence-corrected chi connectivity index (χ0v) is 10.1. The maximum absolute atomic E-state index is 5.65. The van der Waals surface area contributed by atoms with E-state index < -0.39 is 0 Å². The fraction of sp³-hybridized carbons (Fsp3) is 0.417.